The first-order chi connectivity index (χ1) is 9.11. The van der Waals surface area contributed by atoms with Gasteiger partial charge in [0.05, 0.1) is 5.56 Å². The third kappa shape index (κ3) is 3.99. The smallest absolute Gasteiger partial charge is 0.254 e. The van der Waals surface area contributed by atoms with Gasteiger partial charge in [-0.25, -0.2) is 0 Å². The summed E-state index contributed by atoms with van der Waals surface area (Å²) in [5, 5.41) is 0.609. The van der Waals surface area contributed by atoms with Crippen LogP contribution in [-0.4, -0.2) is 29.8 Å². The molecule has 0 radical (unpaired) electrons. The van der Waals surface area contributed by atoms with Crippen molar-refractivity contribution in [3.8, 4) is 0 Å². The standard InChI is InChI=1S/C14H16Cl2INO/c15-6-5-10-2-1-7-18(9-10)14(19)12-8-11(16)3-4-13(12)17/h3-4,8,10H,1-2,5-7,9H2. The molecule has 0 aliphatic carbocycles. The number of likely N-dealkylation sites (tertiary alicyclic amines) is 1. The number of hydrogen-bond donors (Lipinski definition) is 0. The Kier molecular flexibility index (Phi) is 5.78. The van der Waals surface area contributed by atoms with Gasteiger partial charge in [-0.2, -0.15) is 0 Å². The molecule has 1 aliphatic rings. The van der Waals surface area contributed by atoms with Crippen molar-refractivity contribution in [1.82, 2.24) is 4.90 Å². The maximum absolute atomic E-state index is 12.6. The second kappa shape index (κ2) is 7.14. The van der Waals surface area contributed by atoms with Crippen molar-refractivity contribution in [2.24, 2.45) is 5.92 Å². The fourth-order valence-corrected chi connectivity index (χ4v) is 3.52. The molecular weight excluding hydrogens is 396 g/mol. The zero-order valence-electron chi connectivity index (χ0n) is 10.5. The third-order valence-corrected chi connectivity index (χ3v) is 4.88. The number of alkyl halides is 1. The molecule has 2 rings (SSSR count). The fraction of sp³-hybridized carbons (Fsp3) is 0.500. The van der Waals surface area contributed by atoms with Crippen LogP contribution in [0.15, 0.2) is 18.2 Å². The number of carbonyl (C=O) groups excluding carboxylic acids is 1. The second-order valence-corrected chi connectivity index (χ2v) is 6.84. The first-order valence-corrected chi connectivity index (χ1v) is 8.41. The normalized spacial score (nSPS) is 19.5. The van der Waals surface area contributed by atoms with E-state index in [4.69, 9.17) is 23.2 Å². The lowest BCUT2D eigenvalue weighted by molar-refractivity contribution is 0.0670. The summed E-state index contributed by atoms with van der Waals surface area (Å²) in [5.74, 6) is 1.29. The van der Waals surface area contributed by atoms with Gasteiger partial charge < -0.3 is 4.90 Å². The first kappa shape index (κ1) is 15.4. The molecule has 1 aromatic carbocycles. The highest BCUT2D eigenvalue weighted by Gasteiger charge is 2.25. The van der Waals surface area contributed by atoms with Gasteiger partial charge >= 0.3 is 0 Å². The average Bonchev–Trinajstić information content (AvgIpc) is 2.41. The highest BCUT2D eigenvalue weighted by atomic mass is 127. The lowest BCUT2D eigenvalue weighted by atomic mass is 9.95. The van der Waals surface area contributed by atoms with Crippen LogP contribution in [0.2, 0.25) is 5.02 Å². The molecule has 0 saturated carbocycles. The van der Waals surface area contributed by atoms with E-state index in [-0.39, 0.29) is 5.91 Å². The molecule has 1 unspecified atom stereocenters. The Morgan fingerprint density at radius 2 is 2.26 bits per heavy atom. The van der Waals surface area contributed by atoms with Crippen LogP contribution in [0.25, 0.3) is 0 Å². The number of nitrogens with zero attached hydrogens (tertiary/aromatic N) is 1. The number of rotatable bonds is 3. The maximum atomic E-state index is 12.6. The zero-order chi connectivity index (χ0) is 13.8. The molecule has 1 atom stereocenters. The lowest BCUT2D eigenvalue weighted by Gasteiger charge is -2.32. The fourth-order valence-electron chi connectivity index (χ4n) is 2.47. The van der Waals surface area contributed by atoms with Crippen molar-refractivity contribution < 1.29 is 4.79 Å². The van der Waals surface area contributed by atoms with Gasteiger partial charge in [-0.05, 0) is 66.0 Å². The largest absolute Gasteiger partial charge is 0.338 e. The summed E-state index contributed by atoms with van der Waals surface area (Å²) >= 11 is 14.0. The molecule has 1 fully saturated rings. The van der Waals surface area contributed by atoms with E-state index < -0.39 is 0 Å². The van der Waals surface area contributed by atoms with Crippen LogP contribution in [0.1, 0.15) is 29.6 Å². The van der Waals surface area contributed by atoms with Crippen LogP contribution in [0.5, 0.6) is 0 Å². The monoisotopic (exact) mass is 411 g/mol. The number of hydrogen-bond acceptors (Lipinski definition) is 1. The Morgan fingerprint density at radius 1 is 1.47 bits per heavy atom. The minimum absolute atomic E-state index is 0.0890. The van der Waals surface area contributed by atoms with E-state index in [1.807, 2.05) is 17.0 Å². The summed E-state index contributed by atoms with van der Waals surface area (Å²) in [7, 11) is 0. The second-order valence-electron chi connectivity index (χ2n) is 4.86. The third-order valence-electron chi connectivity index (χ3n) is 3.48. The highest BCUT2D eigenvalue weighted by molar-refractivity contribution is 14.1. The predicted octanol–water partition coefficient (Wildman–Crippen LogP) is 4.43. The molecule has 104 valence electrons. The number of halogens is 3. The van der Waals surface area contributed by atoms with Crippen LogP contribution in [0.3, 0.4) is 0 Å². The molecule has 2 nitrogen and oxygen atoms in total. The molecule has 0 spiro atoms. The molecule has 5 heteroatoms. The molecule has 1 aromatic rings. The van der Waals surface area contributed by atoms with Crippen LogP contribution < -0.4 is 0 Å². The summed E-state index contributed by atoms with van der Waals surface area (Å²) in [6.07, 6.45) is 3.21. The van der Waals surface area contributed by atoms with Gasteiger partial charge in [0.1, 0.15) is 0 Å². The van der Waals surface area contributed by atoms with Gasteiger partial charge in [-0.15, -0.1) is 11.6 Å². The quantitative estimate of drug-likeness (QED) is 0.532. The Labute approximate surface area is 137 Å². The summed E-state index contributed by atoms with van der Waals surface area (Å²) in [4.78, 5) is 14.5. The maximum Gasteiger partial charge on any atom is 0.254 e. The van der Waals surface area contributed by atoms with Gasteiger partial charge in [0.15, 0.2) is 0 Å². The molecule has 0 aromatic heterocycles. The summed E-state index contributed by atoms with van der Waals surface area (Å²) in [6.45, 7) is 1.65. The SMILES string of the molecule is O=C(c1cc(Cl)ccc1I)N1CCCC(CCCl)C1. The van der Waals surface area contributed by atoms with Crippen molar-refractivity contribution in [2.45, 2.75) is 19.3 Å². The average molecular weight is 412 g/mol. The minimum atomic E-state index is 0.0890. The van der Waals surface area contributed by atoms with E-state index in [0.29, 0.717) is 22.4 Å². The van der Waals surface area contributed by atoms with E-state index in [0.717, 1.165) is 29.5 Å². The van der Waals surface area contributed by atoms with Crippen LogP contribution in [-0.2, 0) is 0 Å². The Morgan fingerprint density at radius 3 is 3.00 bits per heavy atom. The zero-order valence-corrected chi connectivity index (χ0v) is 14.2. The summed E-state index contributed by atoms with van der Waals surface area (Å²) in [6, 6.07) is 5.46. The molecule has 1 heterocycles. The van der Waals surface area contributed by atoms with E-state index in [1.54, 1.807) is 6.07 Å². The topological polar surface area (TPSA) is 20.3 Å². The lowest BCUT2D eigenvalue weighted by Crippen LogP contribution is -2.40. The highest BCUT2D eigenvalue weighted by Crippen LogP contribution is 2.24. The Hall–Kier alpha value is -0.000000000000000111. The van der Waals surface area contributed by atoms with Gasteiger partial charge in [0, 0.05) is 27.6 Å². The van der Waals surface area contributed by atoms with Gasteiger partial charge in [-0.3, -0.25) is 4.79 Å². The number of carbonyl (C=O) groups is 1. The molecule has 1 aliphatic heterocycles. The predicted molar refractivity (Wildman–Crippen MR) is 88.1 cm³/mol. The van der Waals surface area contributed by atoms with E-state index >= 15 is 0 Å². The van der Waals surface area contributed by atoms with Crippen molar-refractivity contribution in [2.75, 3.05) is 19.0 Å². The number of piperidine rings is 1. The molecule has 0 N–H and O–H groups in total. The molecule has 0 bridgehead atoms. The summed E-state index contributed by atoms with van der Waals surface area (Å²) < 4.78 is 0.950. The van der Waals surface area contributed by atoms with E-state index in [9.17, 15) is 4.79 Å². The number of benzene rings is 1. The summed E-state index contributed by atoms with van der Waals surface area (Å²) in [5.41, 5.74) is 0.708. The van der Waals surface area contributed by atoms with Crippen molar-refractivity contribution in [3.63, 3.8) is 0 Å². The van der Waals surface area contributed by atoms with Crippen molar-refractivity contribution in [3.05, 3.63) is 32.4 Å². The van der Waals surface area contributed by atoms with Crippen LogP contribution in [0, 0.1) is 9.49 Å². The molecule has 1 saturated heterocycles. The Bertz CT molecular complexity index is 465. The van der Waals surface area contributed by atoms with Crippen molar-refractivity contribution >= 4 is 51.7 Å². The van der Waals surface area contributed by atoms with Gasteiger partial charge in [0.2, 0.25) is 0 Å². The van der Waals surface area contributed by atoms with Gasteiger partial charge in [-0.1, -0.05) is 11.6 Å². The first-order valence-electron chi connectivity index (χ1n) is 6.42. The number of amides is 1. The van der Waals surface area contributed by atoms with Gasteiger partial charge in [0.25, 0.3) is 5.91 Å². The van der Waals surface area contributed by atoms with Crippen LogP contribution >= 0.6 is 45.8 Å². The van der Waals surface area contributed by atoms with E-state index in [1.165, 1.54) is 6.42 Å². The minimum Gasteiger partial charge on any atom is -0.338 e. The molecule has 1 amide bonds. The van der Waals surface area contributed by atoms with Crippen molar-refractivity contribution in [1.29, 1.82) is 0 Å². The van der Waals surface area contributed by atoms with E-state index in [2.05, 4.69) is 22.6 Å². The molecule has 19 heavy (non-hydrogen) atoms. The molecular formula is C14H16Cl2INO. The Balaban J connectivity index is 2.12. The van der Waals surface area contributed by atoms with Crippen LogP contribution in [0.4, 0.5) is 0 Å².